The Bertz CT molecular complexity index is 545. The van der Waals surface area contributed by atoms with Crippen LogP contribution in [0.25, 0.3) is 6.08 Å². The molecule has 0 spiro atoms. The van der Waals surface area contributed by atoms with Crippen LogP contribution in [0.15, 0.2) is 49.1 Å². The molecule has 92 valence electrons. The van der Waals surface area contributed by atoms with Crippen molar-refractivity contribution in [3.05, 3.63) is 60.2 Å². The highest BCUT2D eigenvalue weighted by Gasteiger charge is 1.96. The summed E-state index contributed by atoms with van der Waals surface area (Å²) in [5.41, 5.74) is 2.08. The molecule has 1 heterocycles. The molecule has 0 aliphatic carbocycles. The van der Waals surface area contributed by atoms with Gasteiger partial charge in [-0.2, -0.15) is 0 Å². The molecular formula is C14H14N2O2. The quantitative estimate of drug-likeness (QED) is 0.818. The number of aromatic nitrogens is 2. The molecule has 0 aliphatic rings. The van der Waals surface area contributed by atoms with Crippen LogP contribution in [-0.4, -0.2) is 20.6 Å². The van der Waals surface area contributed by atoms with Gasteiger partial charge in [0.2, 0.25) is 0 Å². The Kier molecular flexibility index (Phi) is 3.91. The average Bonchev–Trinajstić information content (AvgIpc) is 2.87. The van der Waals surface area contributed by atoms with Gasteiger partial charge in [0.1, 0.15) is 0 Å². The van der Waals surface area contributed by atoms with Crippen LogP contribution in [0, 0.1) is 0 Å². The molecule has 1 N–H and O–H groups in total. The Morgan fingerprint density at radius 3 is 3.06 bits per heavy atom. The SMILES string of the molecule is O=C(O)C=Cc1cccc(CCn2ccnc2)c1. The normalized spacial score (nSPS) is 10.9. The van der Waals surface area contributed by atoms with Gasteiger partial charge in [0.15, 0.2) is 0 Å². The Balaban J connectivity index is 2.01. The highest BCUT2D eigenvalue weighted by atomic mass is 16.4. The molecule has 4 nitrogen and oxygen atoms in total. The number of benzene rings is 1. The van der Waals surface area contributed by atoms with Gasteiger partial charge in [0.05, 0.1) is 6.33 Å². The van der Waals surface area contributed by atoms with E-state index in [1.165, 1.54) is 5.56 Å². The molecule has 0 unspecified atom stereocenters. The van der Waals surface area contributed by atoms with Crippen molar-refractivity contribution in [2.45, 2.75) is 13.0 Å². The number of hydrogen-bond donors (Lipinski definition) is 1. The first-order valence-electron chi connectivity index (χ1n) is 5.70. The monoisotopic (exact) mass is 242 g/mol. The third-order valence-electron chi connectivity index (χ3n) is 2.59. The topological polar surface area (TPSA) is 55.1 Å². The Hall–Kier alpha value is -2.36. The molecular weight excluding hydrogens is 228 g/mol. The van der Waals surface area contributed by atoms with Crippen molar-refractivity contribution in [2.75, 3.05) is 0 Å². The summed E-state index contributed by atoms with van der Waals surface area (Å²) in [5, 5.41) is 8.58. The molecule has 0 atom stereocenters. The Morgan fingerprint density at radius 1 is 1.44 bits per heavy atom. The van der Waals surface area contributed by atoms with Crippen molar-refractivity contribution >= 4 is 12.0 Å². The fraction of sp³-hybridized carbons (Fsp3) is 0.143. The van der Waals surface area contributed by atoms with Crippen LogP contribution in [0.2, 0.25) is 0 Å². The van der Waals surface area contributed by atoms with Gasteiger partial charge >= 0.3 is 5.97 Å². The summed E-state index contributed by atoms with van der Waals surface area (Å²) in [6.07, 6.45) is 9.11. The molecule has 0 radical (unpaired) electrons. The van der Waals surface area contributed by atoms with Gasteiger partial charge in [0.25, 0.3) is 0 Å². The second-order valence-corrected chi connectivity index (χ2v) is 3.97. The molecule has 0 fully saturated rings. The molecule has 0 saturated carbocycles. The van der Waals surface area contributed by atoms with Crippen molar-refractivity contribution in [1.82, 2.24) is 9.55 Å². The minimum Gasteiger partial charge on any atom is -0.478 e. The summed E-state index contributed by atoms with van der Waals surface area (Å²) in [6, 6.07) is 7.86. The predicted octanol–water partition coefficient (Wildman–Crippen LogP) is 2.22. The van der Waals surface area contributed by atoms with Crippen molar-refractivity contribution in [2.24, 2.45) is 0 Å². The third-order valence-corrected chi connectivity index (χ3v) is 2.59. The van der Waals surface area contributed by atoms with Gasteiger partial charge in [-0.1, -0.05) is 24.3 Å². The van der Waals surface area contributed by atoms with Gasteiger partial charge < -0.3 is 9.67 Å². The molecule has 1 aromatic heterocycles. The highest BCUT2D eigenvalue weighted by Crippen LogP contribution is 2.08. The first kappa shape index (κ1) is 12.1. The molecule has 0 amide bonds. The predicted molar refractivity (Wildman–Crippen MR) is 69.0 cm³/mol. The number of carboxylic acids is 1. The standard InChI is InChI=1S/C14H14N2O2/c17-14(18)5-4-12-2-1-3-13(10-12)6-8-16-9-7-15-11-16/h1-5,7,9-11H,6,8H2,(H,17,18). The fourth-order valence-electron chi connectivity index (χ4n) is 1.70. The minimum atomic E-state index is -0.932. The maximum atomic E-state index is 10.4. The summed E-state index contributed by atoms with van der Waals surface area (Å²) in [7, 11) is 0. The molecule has 0 aliphatic heterocycles. The van der Waals surface area contributed by atoms with E-state index in [0.29, 0.717) is 0 Å². The molecule has 1 aromatic carbocycles. The summed E-state index contributed by atoms with van der Waals surface area (Å²) in [5.74, 6) is -0.932. The van der Waals surface area contributed by atoms with Crippen molar-refractivity contribution in [3.8, 4) is 0 Å². The number of aryl methyl sites for hydroxylation is 2. The lowest BCUT2D eigenvalue weighted by atomic mass is 10.1. The Morgan fingerprint density at radius 2 is 2.33 bits per heavy atom. The number of carbonyl (C=O) groups is 1. The van der Waals surface area contributed by atoms with E-state index in [-0.39, 0.29) is 0 Å². The largest absolute Gasteiger partial charge is 0.478 e. The first-order valence-corrected chi connectivity index (χ1v) is 5.70. The second-order valence-electron chi connectivity index (χ2n) is 3.97. The van der Waals surface area contributed by atoms with E-state index in [1.54, 1.807) is 18.6 Å². The number of rotatable bonds is 5. The number of imidazole rings is 1. The van der Waals surface area contributed by atoms with E-state index in [0.717, 1.165) is 24.6 Å². The van der Waals surface area contributed by atoms with Crippen molar-refractivity contribution in [3.63, 3.8) is 0 Å². The highest BCUT2D eigenvalue weighted by molar-refractivity contribution is 5.85. The lowest BCUT2D eigenvalue weighted by molar-refractivity contribution is -0.131. The molecule has 18 heavy (non-hydrogen) atoms. The first-order chi connectivity index (χ1) is 8.74. The number of aliphatic carboxylic acids is 1. The zero-order valence-corrected chi connectivity index (χ0v) is 9.86. The maximum absolute atomic E-state index is 10.4. The molecule has 2 aromatic rings. The van der Waals surface area contributed by atoms with E-state index in [4.69, 9.17) is 5.11 Å². The zero-order chi connectivity index (χ0) is 12.8. The van der Waals surface area contributed by atoms with Gasteiger partial charge in [-0.25, -0.2) is 9.78 Å². The molecule has 0 saturated heterocycles. The lowest BCUT2D eigenvalue weighted by Crippen LogP contribution is -1.98. The second kappa shape index (κ2) is 5.82. The molecule has 4 heteroatoms. The van der Waals surface area contributed by atoms with Gasteiger partial charge in [-0.15, -0.1) is 0 Å². The van der Waals surface area contributed by atoms with E-state index in [9.17, 15) is 4.79 Å². The van der Waals surface area contributed by atoms with Crippen LogP contribution in [0.4, 0.5) is 0 Å². The summed E-state index contributed by atoms with van der Waals surface area (Å²) < 4.78 is 2.01. The van der Waals surface area contributed by atoms with Crippen LogP contribution in [0.5, 0.6) is 0 Å². The lowest BCUT2D eigenvalue weighted by Gasteiger charge is -2.03. The van der Waals surface area contributed by atoms with Crippen LogP contribution in [-0.2, 0) is 17.8 Å². The van der Waals surface area contributed by atoms with E-state index in [1.807, 2.05) is 35.0 Å². The maximum Gasteiger partial charge on any atom is 0.328 e. The van der Waals surface area contributed by atoms with Crippen LogP contribution < -0.4 is 0 Å². The summed E-state index contributed by atoms with van der Waals surface area (Å²) in [4.78, 5) is 14.4. The van der Waals surface area contributed by atoms with E-state index in [2.05, 4.69) is 4.98 Å². The van der Waals surface area contributed by atoms with E-state index >= 15 is 0 Å². The van der Waals surface area contributed by atoms with Gasteiger partial charge in [-0.05, 0) is 23.6 Å². The minimum absolute atomic E-state index is 0.867. The number of carboxylic acid groups (broad SMARTS) is 1. The smallest absolute Gasteiger partial charge is 0.328 e. The third kappa shape index (κ3) is 3.59. The van der Waals surface area contributed by atoms with Crippen molar-refractivity contribution in [1.29, 1.82) is 0 Å². The van der Waals surface area contributed by atoms with Gasteiger partial charge in [0, 0.05) is 25.0 Å². The fourth-order valence-corrected chi connectivity index (χ4v) is 1.70. The number of nitrogens with zero attached hydrogens (tertiary/aromatic N) is 2. The van der Waals surface area contributed by atoms with Crippen LogP contribution >= 0.6 is 0 Å². The van der Waals surface area contributed by atoms with Gasteiger partial charge in [-0.3, -0.25) is 0 Å². The van der Waals surface area contributed by atoms with Crippen LogP contribution in [0.1, 0.15) is 11.1 Å². The zero-order valence-electron chi connectivity index (χ0n) is 9.86. The number of hydrogen-bond acceptors (Lipinski definition) is 2. The molecule has 2 rings (SSSR count). The Labute approximate surface area is 105 Å². The van der Waals surface area contributed by atoms with Crippen LogP contribution in [0.3, 0.4) is 0 Å². The van der Waals surface area contributed by atoms with Crippen molar-refractivity contribution < 1.29 is 9.90 Å². The summed E-state index contributed by atoms with van der Waals surface area (Å²) >= 11 is 0. The summed E-state index contributed by atoms with van der Waals surface area (Å²) in [6.45, 7) is 0.867. The average molecular weight is 242 g/mol. The van der Waals surface area contributed by atoms with E-state index < -0.39 is 5.97 Å². The molecule has 0 bridgehead atoms.